The Kier molecular flexibility index (Phi) is 16.3. The second-order valence-corrected chi connectivity index (χ2v) is 7.93. The van der Waals surface area contributed by atoms with E-state index < -0.39 is 67.7 Å². The summed E-state index contributed by atoms with van der Waals surface area (Å²) in [7, 11) is 0. The lowest BCUT2D eigenvalue weighted by atomic mass is 9.90. The molecule has 2 N–H and O–H groups in total. The first kappa shape index (κ1) is 33.9. The summed E-state index contributed by atoms with van der Waals surface area (Å²) in [4.78, 5) is 62.8. The molecule has 0 rings (SSSR count). The lowest BCUT2D eigenvalue weighted by Crippen LogP contribution is -2.47. The monoisotopic (exact) mass is 539 g/mol. The number of hydroxylamine groups is 1. The van der Waals surface area contributed by atoms with E-state index in [9.17, 15) is 29.1 Å². The molecule has 0 aliphatic heterocycles. The summed E-state index contributed by atoms with van der Waals surface area (Å²) in [5, 5.41) is 10.1. The van der Waals surface area contributed by atoms with E-state index in [1.54, 1.807) is 0 Å². The molecule has 0 saturated carbocycles. The lowest BCUT2D eigenvalue weighted by Gasteiger charge is -2.35. The van der Waals surface area contributed by atoms with E-state index >= 15 is 0 Å². The van der Waals surface area contributed by atoms with Crippen LogP contribution in [0.2, 0.25) is 0 Å². The van der Waals surface area contributed by atoms with E-state index in [0.29, 0.717) is 6.29 Å². The van der Waals surface area contributed by atoms with Crippen LogP contribution in [-0.2, 0) is 52.5 Å². The summed E-state index contributed by atoms with van der Waals surface area (Å²) in [6, 6.07) is 0. The normalized spacial score (nSPS) is 10.8. The zero-order chi connectivity index (χ0) is 29.0. The number of nitrogens with one attached hydrogen (secondary N) is 1. The Balaban J connectivity index is 5.92. The van der Waals surface area contributed by atoms with Crippen molar-refractivity contribution in [1.82, 2.24) is 5.48 Å². The summed E-state index contributed by atoms with van der Waals surface area (Å²) < 4.78 is 26.1. The Morgan fingerprint density at radius 3 is 1.37 bits per heavy atom. The van der Waals surface area contributed by atoms with Crippen LogP contribution in [0.4, 0.5) is 0 Å². The number of allylic oxidation sites excluding steroid dienone is 1. The lowest BCUT2D eigenvalue weighted by molar-refractivity contribution is -0.167. The number of carbonyl (C=O) groups is 5. The van der Waals surface area contributed by atoms with Gasteiger partial charge in [0, 0.05) is 24.3 Å². The fraction of sp³-hybridized carbons (Fsp3) is 0.400. The third-order valence-electron chi connectivity index (χ3n) is 4.62. The molecular formula is C25H33NO12. The molecule has 0 spiro atoms. The maximum Gasteiger partial charge on any atom is 0.330 e. The molecule has 13 nitrogen and oxygen atoms in total. The summed E-state index contributed by atoms with van der Waals surface area (Å²) in [5.74, 6) is -3.19. The minimum Gasteiger partial charge on any atom is -0.462 e. The number of aliphatic hydroxyl groups excluding tert-OH is 1. The molecule has 0 aliphatic rings. The first-order valence-electron chi connectivity index (χ1n) is 10.9. The Labute approximate surface area is 220 Å². The van der Waals surface area contributed by atoms with Crippen LogP contribution in [0.3, 0.4) is 0 Å². The maximum absolute atomic E-state index is 11.7. The van der Waals surface area contributed by atoms with Crippen LogP contribution in [0.25, 0.3) is 0 Å². The summed E-state index contributed by atoms with van der Waals surface area (Å²) in [6.45, 7) is 13.2. The second-order valence-electron chi connectivity index (χ2n) is 7.93. The molecule has 38 heavy (non-hydrogen) atoms. The predicted molar refractivity (Wildman–Crippen MR) is 132 cm³/mol. The van der Waals surface area contributed by atoms with Gasteiger partial charge < -0.3 is 28.8 Å². The smallest absolute Gasteiger partial charge is 0.330 e. The molecule has 0 radical (unpaired) electrons. The van der Waals surface area contributed by atoms with Crippen LogP contribution in [0, 0.1) is 10.8 Å². The van der Waals surface area contributed by atoms with E-state index in [1.807, 2.05) is 0 Å². The van der Waals surface area contributed by atoms with Gasteiger partial charge in [0.25, 0.3) is 0 Å². The predicted octanol–water partition coefficient (Wildman–Crippen LogP) is 0.119. The highest BCUT2D eigenvalue weighted by Crippen LogP contribution is 2.25. The second kappa shape index (κ2) is 18.2. The molecule has 0 aromatic heterocycles. The molecule has 0 aromatic carbocycles. The first-order chi connectivity index (χ1) is 18.0. The number of hydrogen-bond donors (Lipinski definition) is 2. The van der Waals surface area contributed by atoms with E-state index in [1.165, 1.54) is 0 Å². The fourth-order valence-corrected chi connectivity index (χ4v) is 2.43. The van der Waals surface area contributed by atoms with Gasteiger partial charge in [-0.1, -0.05) is 32.9 Å². The Morgan fingerprint density at radius 1 is 0.658 bits per heavy atom. The van der Waals surface area contributed by atoms with Crippen LogP contribution in [0.1, 0.15) is 0 Å². The molecular weight excluding hydrogens is 506 g/mol. The summed E-state index contributed by atoms with van der Waals surface area (Å²) >= 11 is 0. The van der Waals surface area contributed by atoms with Gasteiger partial charge in [-0.2, -0.15) is 0 Å². The van der Waals surface area contributed by atoms with E-state index in [0.717, 1.165) is 24.3 Å². The van der Waals surface area contributed by atoms with Crippen molar-refractivity contribution >= 4 is 30.2 Å². The van der Waals surface area contributed by atoms with Gasteiger partial charge in [-0.25, -0.2) is 19.2 Å². The molecule has 0 fully saturated rings. The number of ether oxygens (including phenoxy) is 5. The van der Waals surface area contributed by atoms with Crippen molar-refractivity contribution < 1.29 is 57.6 Å². The molecule has 0 bridgehead atoms. The fourth-order valence-electron chi connectivity index (χ4n) is 2.43. The van der Waals surface area contributed by atoms with Crippen LogP contribution in [0.5, 0.6) is 0 Å². The Hall–Kier alpha value is -4.07. The van der Waals surface area contributed by atoms with Gasteiger partial charge in [-0.15, -0.1) is 0 Å². The number of hydrogen-bond acceptors (Lipinski definition) is 13. The van der Waals surface area contributed by atoms with Crippen molar-refractivity contribution in [2.45, 2.75) is 0 Å². The van der Waals surface area contributed by atoms with Crippen LogP contribution < -0.4 is 5.48 Å². The van der Waals surface area contributed by atoms with Crippen molar-refractivity contribution in [2.75, 3.05) is 52.9 Å². The van der Waals surface area contributed by atoms with Crippen molar-refractivity contribution in [3.63, 3.8) is 0 Å². The topological polar surface area (TPSA) is 173 Å². The standard InChI is InChI=1S/C25H33NO12/c1-6-20(29)34-14-24(11-28,15-35-21(30)7-2)12-33-13-25(16-36-22(31)8-3,17-37-23(32)9-4)18-38-26-19(5)10-27/h6-10,26,28H,1-5,11-18H2. The van der Waals surface area contributed by atoms with Gasteiger partial charge in [0.05, 0.1) is 43.0 Å². The molecule has 0 unspecified atom stereocenters. The molecule has 0 aliphatic carbocycles. The summed E-state index contributed by atoms with van der Waals surface area (Å²) in [5.41, 5.74) is -0.664. The molecule has 0 atom stereocenters. The van der Waals surface area contributed by atoms with Crippen molar-refractivity contribution in [1.29, 1.82) is 0 Å². The minimum absolute atomic E-state index is 0.127. The molecule has 0 aromatic rings. The van der Waals surface area contributed by atoms with Gasteiger partial charge in [-0.05, 0) is 0 Å². The molecule has 13 heteroatoms. The van der Waals surface area contributed by atoms with Crippen LogP contribution in [0.15, 0.2) is 62.9 Å². The van der Waals surface area contributed by atoms with Gasteiger partial charge >= 0.3 is 23.9 Å². The van der Waals surface area contributed by atoms with Crippen molar-refractivity contribution in [2.24, 2.45) is 10.8 Å². The maximum atomic E-state index is 11.7. The zero-order valence-electron chi connectivity index (χ0n) is 21.0. The number of aliphatic hydroxyl groups is 1. The van der Waals surface area contributed by atoms with Gasteiger partial charge in [0.15, 0.2) is 6.29 Å². The Morgan fingerprint density at radius 2 is 1.03 bits per heavy atom. The molecule has 0 saturated heterocycles. The number of esters is 4. The zero-order valence-corrected chi connectivity index (χ0v) is 21.0. The highest BCUT2D eigenvalue weighted by atomic mass is 16.6. The highest BCUT2D eigenvalue weighted by molar-refractivity contribution is 5.82. The van der Waals surface area contributed by atoms with Crippen molar-refractivity contribution in [3.05, 3.63) is 62.9 Å². The quantitative estimate of drug-likeness (QED) is 0.0625. The average molecular weight is 540 g/mol. The average Bonchev–Trinajstić information content (AvgIpc) is 2.94. The van der Waals surface area contributed by atoms with Gasteiger partial charge in [0.1, 0.15) is 26.4 Å². The molecule has 0 amide bonds. The number of rotatable bonds is 22. The first-order valence-corrected chi connectivity index (χ1v) is 10.9. The molecule has 0 heterocycles. The van der Waals surface area contributed by atoms with E-state index in [4.69, 9.17) is 28.5 Å². The minimum atomic E-state index is -1.43. The highest BCUT2D eigenvalue weighted by Gasteiger charge is 2.39. The SMILES string of the molecule is C=CC(=O)OCC(CO)(COCC(CONC(=C)C=O)(COC(=O)C=C)COC(=O)C=C)COC(=O)C=C. The Bertz CT molecular complexity index is 847. The van der Waals surface area contributed by atoms with E-state index in [2.05, 4.69) is 38.4 Å². The summed E-state index contributed by atoms with van der Waals surface area (Å²) in [6.07, 6.45) is 4.02. The van der Waals surface area contributed by atoms with Crippen LogP contribution in [-0.4, -0.2) is 88.1 Å². The van der Waals surface area contributed by atoms with Gasteiger partial charge in [-0.3, -0.25) is 15.1 Å². The third kappa shape index (κ3) is 13.3. The number of aldehydes is 1. The van der Waals surface area contributed by atoms with E-state index in [-0.39, 0.29) is 25.5 Å². The van der Waals surface area contributed by atoms with Crippen molar-refractivity contribution in [3.8, 4) is 0 Å². The number of carbonyl (C=O) groups excluding carboxylic acids is 5. The van der Waals surface area contributed by atoms with Gasteiger partial charge in [0.2, 0.25) is 0 Å². The van der Waals surface area contributed by atoms with Crippen LogP contribution >= 0.6 is 0 Å². The molecule has 210 valence electrons. The largest absolute Gasteiger partial charge is 0.462 e. The third-order valence-corrected chi connectivity index (χ3v) is 4.62.